The highest BCUT2D eigenvalue weighted by atomic mass is 15.1. The van der Waals surface area contributed by atoms with Gasteiger partial charge in [-0.2, -0.15) is 0 Å². The molecule has 6 aliphatic heterocycles. The summed E-state index contributed by atoms with van der Waals surface area (Å²) >= 11 is 0. The summed E-state index contributed by atoms with van der Waals surface area (Å²) in [6.07, 6.45) is 0. The summed E-state index contributed by atoms with van der Waals surface area (Å²) in [7, 11) is 0. The van der Waals surface area contributed by atoms with Gasteiger partial charge in [-0.3, -0.25) is 0 Å². The predicted octanol–water partition coefficient (Wildman–Crippen LogP) is 33.4. The van der Waals surface area contributed by atoms with Gasteiger partial charge >= 0.3 is 20.5 Å². The second-order valence-electron chi connectivity index (χ2n) is 39.9. The molecule has 0 fully saturated rings. The van der Waals surface area contributed by atoms with E-state index >= 15 is 0 Å². The lowest BCUT2D eigenvalue weighted by Crippen LogP contribution is -2.59. The van der Waals surface area contributed by atoms with Crippen molar-refractivity contribution in [1.29, 1.82) is 0 Å². The molecule has 3 nitrogen and oxygen atoms in total. The Bertz CT molecular complexity index is 9650. The highest BCUT2D eigenvalue weighted by molar-refractivity contribution is 6.94. The van der Waals surface area contributed by atoms with E-state index in [4.69, 9.17) is 0 Å². The van der Waals surface area contributed by atoms with Crippen molar-refractivity contribution in [1.82, 2.24) is 0 Å². The Kier molecular flexibility index (Phi) is 20.7. The second-order valence-corrected chi connectivity index (χ2v) is 39.9. The minimum Gasteiger partial charge on any atom is -0.376 e. The normalized spacial score (nSPS) is 12.5. The van der Waals surface area contributed by atoms with Crippen LogP contribution in [0.3, 0.4) is 0 Å². The zero-order valence-corrected chi connectivity index (χ0v) is 81.2. The summed E-state index contributed by atoms with van der Waals surface area (Å²) in [5, 5.41) is 10.1. The minimum absolute atomic E-state index is 0.0351. The largest absolute Gasteiger partial charge is 0.376 e. The van der Waals surface area contributed by atoms with Crippen LogP contribution < -0.4 is 47.2 Å². The Labute approximate surface area is 863 Å². The van der Waals surface area contributed by atoms with Crippen molar-refractivity contribution in [3.63, 3.8) is 0 Å². The molecule has 0 atom stereocenters. The zero-order valence-electron chi connectivity index (χ0n) is 81.2. The molecule has 0 saturated carbocycles. The van der Waals surface area contributed by atoms with Gasteiger partial charge in [0.1, 0.15) is 0 Å². The lowest BCUT2D eigenvalue weighted by molar-refractivity contribution is 1.35. The molecule has 0 bridgehead atoms. The van der Waals surface area contributed by atoms with Crippen LogP contribution in [0.15, 0.2) is 558 Å². The first-order chi connectivity index (χ1) is 73.4. The molecule has 0 saturated heterocycles. The van der Waals surface area contributed by atoms with Gasteiger partial charge in [0.25, 0.3) is 0 Å². The van der Waals surface area contributed by atoms with E-state index in [-0.39, 0.29) is 20.5 Å². The summed E-state index contributed by atoms with van der Waals surface area (Å²) < 4.78 is 0. The highest BCUT2D eigenvalue weighted by Crippen LogP contribution is 2.54. The summed E-state index contributed by atoms with van der Waals surface area (Å²) in [6, 6.07) is 206. The molecule has 0 spiro atoms. The van der Waals surface area contributed by atoms with Gasteiger partial charge in [-0.25, -0.2) is 0 Å². The number of benzene rings is 25. The molecule has 0 aliphatic carbocycles. The zero-order chi connectivity index (χ0) is 97.4. The van der Waals surface area contributed by atoms with Gasteiger partial charge in [-0.15, -0.1) is 0 Å². The van der Waals surface area contributed by atoms with Gasteiger partial charge in [-0.05, 0) is 300 Å². The van der Waals surface area contributed by atoms with Crippen LogP contribution in [-0.4, -0.2) is 20.5 Å². The van der Waals surface area contributed by atoms with Crippen LogP contribution in [0.1, 0.15) is 0 Å². The monoisotopic (exact) mass is 1870 g/mol. The molecule has 0 radical (unpaired) electrons. The summed E-state index contributed by atoms with van der Waals surface area (Å²) in [6.45, 7) is 0.117. The van der Waals surface area contributed by atoms with Crippen molar-refractivity contribution < 1.29 is 0 Å². The third-order valence-corrected chi connectivity index (χ3v) is 31.7. The lowest BCUT2D eigenvalue weighted by atomic mass is 9.43. The minimum atomic E-state index is 0.0351. The van der Waals surface area contributed by atoms with Gasteiger partial charge in [-0.1, -0.05) is 467 Å². The van der Waals surface area contributed by atoms with Crippen molar-refractivity contribution in [3.8, 4) is 167 Å². The maximum atomic E-state index is 2.61. The third kappa shape index (κ3) is 14.6. The molecule has 25 aromatic rings. The molecule has 31 rings (SSSR count). The van der Waals surface area contributed by atoms with Crippen LogP contribution in [-0.2, 0) is 0 Å². The van der Waals surface area contributed by atoms with Gasteiger partial charge in [0.2, 0.25) is 0 Å². The molecule has 0 amide bonds. The first-order valence-electron chi connectivity index (χ1n) is 51.5. The number of rotatable bonds is 9. The Morgan fingerprint density at radius 1 is 0.101 bits per heavy atom. The Morgan fingerprint density at radius 2 is 0.304 bits per heavy atom. The van der Waals surface area contributed by atoms with Crippen molar-refractivity contribution in [2.24, 2.45) is 0 Å². The summed E-state index contributed by atoms with van der Waals surface area (Å²) in [5.41, 5.74) is 53.1. The third-order valence-electron chi connectivity index (χ3n) is 31.7. The van der Waals surface area contributed by atoms with E-state index < -0.39 is 0 Å². The van der Waals surface area contributed by atoms with E-state index in [9.17, 15) is 0 Å². The van der Waals surface area contributed by atoms with Crippen LogP contribution >= 0.6 is 0 Å². The van der Waals surface area contributed by atoms with Crippen molar-refractivity contribution in [2.45, 2.75) is 0 Å². The number of nitrogens with zero attached hydrogens (tertiary/aromatic N) is 3. The number of fused-ring (bicyclic) bond motifs is 37. The molecule has 0 N–H and O–H groups in total. The SMILES string of the molecule is c1ccc(-c2ccc3c(c2)-c2ccccc2B2c4cc(-c5ccc6ccccc6c5)ccc4-c4cc(-c5ccccc5)ccc4N23)cc1.c1ccc(-c2ccc3c(c2)-c2ccccc2B2c4cc(-c5cccc6ccccc56)ccc4-c4cc(-c5ccccc5)ccc4N23)cc1.c1ccc(-c2ccc3c(c2)B2c4ccccc4-c4cc(-c5ccc6ccccc6c5)ccc4N2c2ccc(-c4ccc5ccccc5c4)cc2-3)cc1. The molecule has 0 aromatic heterocycles. The molecule has 0 unspecified atom stereocenters. The van der Waals surface area contributed by atoms with Gasteiger partial charge < -0.3 is 14.4 Å². The van der Waals surface area contributed by atoms with Crippen LogP contribution in [0.25, 0.3) is 210 Å². The van der Waals surface area contributed by atoms with E-state index in [2.05, 4.69) is 573 Å². The predicted molar refractivity (Wildman–Crippen MR) is 632 cm³/mol. The molecule has 6 heterocycles. The van der Waals surface area contributed by atoms with Crippen LogP contribution in [0, 0.1) is 0 Å². The van der Waals surface area contributed by atoms with Crippen molar-refractivity contribution >= 4 is 131 Å². The fourth-order valence-corrected chi connectivity index (χ4v) is 24.7. The molecule has 6 heteroatoms. The lowest BCUT2D eigenvalue weighted by Gasteiger charge is -2.43. The summed E-state index contributed by atoms with van der Waals surface area (Å²) in [5.74, 6) is 0. The molecule has 6 aliphatic rings. The topological polar surface area (TPSA) is 9.72 Å². The van der Waals surface area contributed by atoms with Crippen LogP contribution in [0.5, 0.6) is 0 Å². The maximum absolute atomic E-state index is 2.61. The first-order valence-corrected chi connectivity index (χ1v) is 51.5. The van der Waals surface area contributed by atoms with Crippen LogP contribution in [0.2, 0.25) is 0 Å². The number of anilines is 6. The smallest absolute Gasteiger partial charge is 0.329 e. The maximum Gasteiger partial charge on any atom is 0.329 e. The molecular weight excluding hydrogens is 1780 g/mol. The molecule has 684 valence electrons. The Balaban J connectivity index is 0.000000105. The van der Waals surface area contributed by atoms with Gasteiger partial charge in [0.05, 0.1) is 0 Å². The molecular formula is C142H92B3N3. The summed E-state index contributed by atoms with van der Waals surface area (Å²) in [4.78, 5) is 7.81. The van der Waals surface area contributed by atoms with Gasteiger partial charge in [0, 0.05) is 67.5 Å². The molecule has 148 heavy (non-hydrogen) atoms. The second kappa shape index (κ2) is 35.6. The van der Waals surface area contributed by atoms with Crippen molar-refractivity contribution in [3.05, 3.63) is 558 Å². The average Bonchev–Trinajstić information content (AvgIpc) is 0.709. The number of hydrogen-bond acceptors (Lipinski definition) is 3. The first kappa shape index (κ1) is 85.9. The average molecular weight is 1870 g/mol. The standard InChI is InChI=1S/C50H32BN.2C46H30BN/c1-2-10-33(11-3-1)42-22-25-44-46-31-41(39-21-19-35-13-5-7-15-37(35)29-39)24-27-50(46)52-49-26-23-40(38-20-18-34-12-4-6-14-36(34)28-38)30-45(49)43-16-8-9-17-47(43)51(52)48(44)32-42;1-3-12-31(13-4-1)34-23-26-45-41(28-34)39-19-9-10-21-43(39)47-44-30-36(38-20-11-17-33-16-7-8-18-37(33)38)22-25-40(44)42-29-35(24-27-46(42)48(45)47)32-14-5-2-6-15-32;1-3-11-31(12-4-1)36-22-25-45-41(28-36)39-17-9-10-18-43(39)47-44-30-38(35-20-19-33-15-7-8-16-34(33)27-35)21-24-40(44)42-29-37(23-26-46(42)48(45)47)32-13-5-2-6-14-32/h1-32H;2*1-30H. The van der Waals surface area contributed by atoms with E-state index in [0.717, 1.165) is 0 Å². The van der Waals surface area contributed by atoms with E-state index in [1.165, 1.54) is 277 Å². The van der Waals surface area contributed by atoms with E-state index in [0.29, 0.717) is 0 Å². The van der Waals surface area contributed by atoms with Crippen LogP contribution in [0.4, 0.5) is 34.1 Å². The quantitative estimate of drug-likeness (QED) is 0.133. The van der Waals surface area contributed by atoms with E-state index in [1.54, 1.807) is 0 Å². The Hall–Kier alpha value is -18.9. The Morgan fingerprint density at radius 3 is 0.622 bits per heavy atom. The highest BCUT2D eigenvalue weighted by Gasteiger charge is 2.47. The fraction of sp³-hybridized carbons (Fsp3) is 0. The van der Waals surface area contributed by atoms with E-state index in [1.807, 2.05) is 0 Å². The number of hydrogen-bond donors (Lipinski definition) is 0. The molecule has 25 aromatic carbocycles. The van der Waals surface area contributed by atoms with Crippen molar-refractivity contribution in [2.75, 3.05) is 14.4 Å². The fourth-order valence-electron chi connectivity index (χ4n) is 24.7. The van der Waals surface area contributed by atoms with Gasteiger partial charge in [0.15, 0.2) is 0 Å².